The largest absolute Gasteiger partial charge is 0.457 e. The third-order valence-electron chi connectivity index (χ3n) is 4.60. The predicted octanol–water partition coefficient (Wildman–Crippen LogP) is 4.80. The van der Waals surface area contributed by atoms with Crippen molar-refractivity contribution in [1.82, 2.24) is 4.90 Å². The molecule has 0 spiro atoms. The highest BCUT2D eigenvalue weighted by atomic mass is 127. The Morgan fingerprint density at radius 2 is 1.93 bits per heavy atom. The highest BCUT2D eigenvalue weighted by Gasteiger charge is 2.22. The molecule has 6 heteroatoms. The minimum atomic E-state index is 0. The third-order valence-corrected chi connectivity index (χ3v) is 4.60. The van der Waals surface area contributed by atoms with E-state index in [4.69, 9.17) is 10.5 Å². The summed E-state index contributed by atoms with van der Waals surface area (Å²) >= 11 is 0. The average molecular weight is 494 g/mol. The van der Waals surface area contributed by atoms with Gasteiger partial charge in [-0.05, 0) is 49.1 Å². The molecule has 1 unspecified atom stereocenters. The van der Waals surface area contributed by atoms with Gasteiger partial charge in [0.25, 0.3) is 0 Å². The lowest BCUT2D eigenvalue weighted by molar-refractivity contribution is 0.288. The molecule has 1 heterocycles. The third kappa shape index (κ3) is 7.31. The van der Waals surface area contributed by atoms with Crippen LogP contribution in [0.15, 0.2) is 59.6 Å². The number of hydrogen-bond donors (Lipinski definition) is 2. The molecule has 1 saturated heterocycles. The first kappa shape index (κ1) is 22.5. The van der Waals surface area contributed by atoms with E-state index in [1.54, 1.807) is 0 Å². The Morgan fingerprint density at radius 3 is 2.68 bits per heavy atom. The van der Waals surface area contributed by atoms with E-state index in [9.17, 15) is 0 Å². The molecular weight excluding hydrogens is 463 g/mol. The lowest BCUT2D eigenvalue weighted by Gasteiger charge is -2.17. The zero-order valence-electron chi connectivity index (χ0n) is 16.7. The Balaban J connectivity index is 0.00000280. The lowest BCUT2D eigenvalue weighted by atomic mass is 10.1. The van der Waals surface area contributed by atoms with Crippen molar-refractivity contribution in [2.75, 3.05) is 31.5 Å². The van der Waals surface area contributed by atoms with Crippen molar-refractivity contribution >= 4 is 35.6 Å². The van der Waals surface area contributed by atoms with Gasteiger partial charge in [-0.25, -0.2) is 0 Å². The van der Waals surface area contributed by atoms with Crippen LogP contribution in [-0.2, 0) is 0 Å². The Hall–Kier alpha value is -1.80. The van der Waals surface area contributed by atoms with E-state index < -0.39 is 0 Å². The number of likely N-dealkylation sites (tertiary alicyclic amines) is 1. The van der Waals surface area contributed by atoms with Crippen LogP contribution in [0.25, 0.3) is 0 Å². The first-order valence-electron chi connectivity index (χ1n) is 9.71. The Bertz CT molecular complexity index is 751. The topological polar surface area (TPSA) is 62.9 Å². The zero-order chi connectivity index (χ0) is 19.1. The number of benzene rings is 2. The number of halogens is 1. The van der Waals surface area contributed by atoms with E-state index in [0.29, 0.717) is 17.8 Å². The minimum Gasteiger partial charge on any atom is -0.457 e. The quantitative estimate of drug-likeness (QED) is 0.330. The van der Waals surface area contributed by atoms with Gasteiger partial charge in [-0.3, -0.25) is 4.99 Å². The summed E-state index contributed by atoms with van der Waals surface area (Å²) in [4.78, 5) is 7.07. The van der Waals surface area contributed by atoms with Crippen molar-refractivity contribution in [3.05, 3.63) is 54.6 Å². The predicted molar refractivity (Wildman–Crippen MR) is 128 cm³/mol. The molecule has 3 N–H and O–H groups in total. The fourth-order valence-corrected chi connectivity index (χ4v) is 3.42. The van der Waals surface area contributed by atoms with E-state index in [1.165, 1.54) is 19.5 Å². The van der Waals surface area contributed by atoms with E-state index in [-0.39, 0.29) is 24.0 Å². The fraction of sp³-hybridized carbons (Fsp3) is 0.409. The van der Waals surface area contributed by atoms with E-state index in [1.807, 2.05) is 54.6 Å². The molecule has 3 rings (SSSR count). The summed E-state index contributed by atoms with van der Waals surface area (Å²) in [6.07, 6.45) is 1.20. The van der Waals surface area contributed by atoms with Crippen molar-refractivity contribution in [1.29, 1.82) is 0 Å². The van der Waals surface area contributed by atoms with Crippen LogP contribution in [0.4, 0.5) is 5.69 Å². The van der Waals surface area contributed by atoms with Crippen LogP contribution < -0.4 is 15.8 Å². The first-order valence-corrected chi connectivity index (χ1v) is 9.71. The summed E-state index contributed by atoms with van der Waals surface area (Å²) in [6.45, 7) is 8.77. The number of ether oxygens (including phenoxy) is 1. The summed E-state index contributed by atoms with van der Waals surface area (Å²) in [7, 11) is 0. The second-order valence-electron chi connectivity index (χ2n) is 7.60. The highest BCUT2D eigenvalue weighted by molar-refractivity contribution is 14.0. The molecule has 5 nitrogen and oxygen atoms in total. The SMILES string of the molecule is CC(C)CN1CCC(CN=C(N)Nc2cccc(Oc3ccccc3)c2)C1.I. The number of aliphatic imine (C=N–C) groups is 1. The van der Waals surface area contributed by atoms with Crippen LogP contribution in [0.2, 0.25) is 0 Å². The van der Waals surface area contributed by atoms with Crippen molar-refractivity contribution < 1.29 is 4.74 Å². The van der Waals surface area contributed by atoms with Gasteiger partial charge >= 0.3 is 0 Å². The van der Waals surface area contributed by atoms with Crippen LogP contribution in [-0.4, -0.2) is 37.0 Å². The number of rotatable bonds is 7. The van der Waals surface area contributed by atoms with Crippen LogP contribution in [0.3, 0.4) is 0 Å². The van der Waals surface area contributed by atoms with Crippen LogP contribution in [0, 0.1) is 11.8 Å². The van der Waals surface area contributed by atoms with Gasteiger partial charge in [0.1, 0.15) is 11.5 Å². The Morgan fingerprint density at radius 1 is 1.18 bits per heavy atom. The smallest absolute Gasteiger partial charge is 0.193 e. The molecule has 0 aromatic heterocycles. The summed E-state index contributed by atoms with van der Waals surface area (Å²) < 4.78 is 5.86. The minimum absolute atomic E-state index is 0. The normalized spacial score (nSPS) is 17.4. The number of guanidine groups is 1. The maximum absolute atomic E-state index is 6.09. The summed E-state index contributed by atoms with van der Waals surface area (Å²) in [5.41, 5.74) is 6.96. The van der Waals surface area contributed by atoms with Gasteiger partial charge in [-0.2, -0.15) is 0 Å². The molecule has 28 heavy (non-hydrogen) atoms. The number of hydrogen-bond acceptors (Lipinski definition) is 3. The monoisotopic (exact) mass is 494 g/mol. The molecule has 1 fully saturated rings. The van der Waals surface area contributed by atoms with Gasteiger partial charge in [-0.15, -0.1) is 24.0 Å². The molecule has 0 amide bonds. The van der Waals surface area contributed by atoms with Crippen molar-refractivity contribution in [3.8, 4) is 11.5 Å². The number of anilines is 1. The van der Waals surface area contributed by atoms with Gasteiger partial charge in [0.05, 0.1) is 0 Å². The molecule has 1 aliphatic rings. The van der Waals surface area contributed by atoms with Gasteiger partial charge in [0.15, 0.2) is 5.96 Å². The first-order chi connectivity index (χ1) is 13.1. The highest BCUT2D eigenvalue weighted by Crippen LogP contribution is 2.24. The molecule has 152 valence electrons. The number of nitrogens with zero attached hydrogens (tertiary/aromatic N) is 2. The standard InChI is InChI=1S/C22H30N4O.HI/c1-17(2)15-26-12-11-18(16-26)14-24-22(23)25-19-7-6-10-21(13-19)27-20-8-4-3-5-9-20;/h3-10,13,17-18H,11-12,14-16H2,1-2H3,(H3,23,24,25);1H. The van der Waals surface area contributed by atoms with Crippen LogP contribution in [0.1, 0.15) is 20.3 Å². The Kier molecular flexibility index (Phi) is 9.05. The lowest BCUT2D eigenvalue weighted by Crippen LogP contribution is -2.26. The average Bonchev–Trinajstić information content (AvgIpc) is 3.08. The van der Waals surface area contributed by atoms with E-state index in [0.717, 1.165) is 30.3 Å². The summed E-state index contributed by atoms with van der Waals surface area (Å²) in [5, 5.41) is 3.17. The second kappa shape index (κ2) is 11.3. The Labute approximate surface area is 185 Å². The van der Waals surface area contributed by atoms with Gasteiger partial charge < -0.3 is 20.7 Å². The molecule has 0 bridgehead atoms. The number of para-hydroxylation sites is 1. The maximum Gasteiger partial charge on any atom is 0.193 e. The van der Waals surface area contributed by atoms with Crippen LogP contribution >= 0.6 is 24.0 Å². The molecule has 1 aliphatic heterocycles. The summed E-state index contributed by atoms with van der Waals surface area (Å²) in [6, 6.07) is 17.5. The molecular formula is C22H31IN4O. The molecule has 0 saturated carbocycles. The second-order valence-corrected chi connectivity index (χ2v) is 7.60. The fourth-order valence-electron chi connectivity index (χ4n) is 3.42. The molecule has 2 aromatic rings. The summed E-state index contributed by atoms with van der Waals surface area (Å²) in [5.74, 6) is 3.33. The maximum atomic E-state index is 6.09. The van der Waals surface area contributed by atoms with E-state index in [2.05, 4.69) is 29.1 Å². The molecule has 2 aromatic carbocycles. The molecule has 0 radical (unpaired) electrons. The van der Waals surface area contributed by atoms with Gasteiger partial charge in [0.2, 0.25) is 0 Å². The molecule has 1 atom stereocenters. The van der Waals surface area contributed by atoms with Gasteiger partial charge in [0, 0.05) is 31.4 Å². The van der Waals surface area contributed by atoms with Crippen molar-refractivity contribution in [2.24, 2.45) is 22.6 Å². The zero-order valence-corrected chi connectivity index (χ0v) is 19.0. The van der Waals surface area contributed by atoms with Crippen molar-refractivity contribution in [2.45, 2.75) is 20.3 Å². The number of nitrogens with two attached hydrogens (primary N) is 1. The van der Waals surface area contributed by atoms with Gasteiger partial charge in [-0.1, -0.05) is 38.1 Å². The van der Waals surface area contributed by atoms with Crippen molar-refractivity contribution in [3.63, 3.8) is 0 Å². The molecule has 0 aliphatic carbocycles. The van der Waals surface area contributed by atoms with E-state index >= 15 is 0 Å². The van der Waals surface area contributed by atoms with Crippen LogP contribution in [0.5, 0.6) is 11.5 Å². The number of nitrogens with one attached hydrogen (secondary N) is 1.